The Balaban J connectivity index is 1.85. The molecule has 0 aromatic heterocycles. The van der Waals surface area contributed by atoms with Crippen LogP contribution in [0.1, 0.15) is 16.7 Å². The van der Waals surface area contributed by atoms with Gasteiger partial charge in [-0.1, -0.05) is 17.7 Å². The third-order valence-corrected chi connectivity index (χ3v) is 3.93. The number of phenolic OH excluding ortho intramolecular Hbond substituents is 1. The van der Waals surface area contributed by atoms with E-state index in [9.17, 15) is 9.90 Å². The van der Waals surface area contributed by atoms with E-state index in [1.165, 1.54) is 6.21 Å². The van der Waals surface area contributed by atoms with Gasteiger partial charge in [0.05, 0.1) is 9.78 Å². The zero-order valence-corrected chi connectivity index (χ0v) is 15.0. The van der Waals surface area contributed by atoms with Crippen molar-refractivity contribution in [1.82, 2.24) is 5.43 Å². The Morgan fingerprint density at radius 3 is 2.78 bits per heavy atom. The smallest absolute Gasteiger partial charge is 0.277 e. The van der Waals surface area contributed by atoms with Crippen molar-refractivity contribution in [2.24, 2.45) is 5.10 Å². The first-order valence-corrected chi connectivity index (χ1v) is 8.04. The molecule has 0 bridgehead atoms. The van der Waals surface area contributed by atoms with Crippen molar-refractivity contribution >= 4 is 34.7 Å². The summed E-state index contributed by atoms with van der Waals surface area (Å²) in [6.45, 7) is 3.84. The summed E-state index contributed by atoms with van der Waals surface area (Å²) in [7, 11) is 0. The van der Waals surface area contributed by atoms with Gasteiger partial charge in [-0.25, -0.2) is 5.43 Å². The molecule has 1 amide bonds. The van der Waals surface area contributed by atoms with Gasteiger partial charge in [0.15, 0.2) is 6.61 Å². The maximum Gasteiger partial charge on any atom is 0.277 e. The minimum absolute atomic E-state index is 0.103. The number of hydrogen-bond acceptors (Lipinski definition) is 4. The molecule has 120 valence electrons. The van der Waals surface area contributed by atoms with E-state index in [0.29, 0.717) is 5.75 Å². The highest BCUT2D eigenvalue weighted by Gasteiger charge is 2.04. The number of halogens is 1. The fourth-order valence-electron chi connectivity index (χ4n) is 1.92. The Hall–Kier alpha value is -2.09. The van der Waals surface area contributed by atoms with Crippen LogP contribution in [-0.4, -0.2) is 23.8 Å². The number of ether oxygens (including phenoxy) is 1. The number of nitrogens with one attached hydrogen (secondary N) is 1. The number of aryl methyl sites for hydroxylation is 2. The second kappa shape index (κ2) is 7.96. The van der Waals surface area contributed by atoms with E-state index in [4.69, 9.17) is 4.74 Å². The number of hydrazone groups is 1. The summed E-state index contributed by atoms with van der Waals surface area (Å²) in [5.74, 6) is 0.561. The molecule has 23 heavy (non-hydrogen) atoms. The molecule has 0 unspecified atom stereocenters. The molecule has 0 aliphatic rings. The zero-order valence-electron chi connectivity index (χ0n) is 12.8. The molecule has 6 heteroatoms. The first-order chi connectivity index (χ1) is 11.0. The van der Waals surface area contributed by atoms with Crippen LogP contribution in [-0.2, 0) is 4.79 Å². The minimum atomic E-state index is -0.338. The first-order valence-electron chi connectivity index (χ1n) is 6.96. The van der Waals surface area contributed by atoms with Gasteiger partial charge in [-0.3, -0.25) is 4.79 Å². The SMILES string of the molecule is Cc1ccc(OCC(=O)N/N=C/c2ccc(O)c(I)c2)c(C)c1. The average Bonchev–Trinajstić information content (AvgIpc) is 2.50. The molecule has 0 radical (unpaired) electrons. The molecule has 0 aliphatic carbocycles. The fourth-order valence-corrected chi connectivity index (χ4v) is 2.46. The van der Waals surface area contributed by atoms with E-state index in [2.05, 4.69) is 10.5 Å². The van der Waals surface area contributed by atoms with Gasteiger partial charge in [0.2, 0.25) is 0 Å². The number of nitrogens with zero attached hydrogens (tertiary/aromatic N) is 1. The Labute approximate surface area is 148 Å². The van der Waals surface area contributed by atoms with Crippen molar-refractivity contribution in [3.05, 3.63) is 56.7 Å². The van der Waals surface area contributed by atoms with Crippen LogP contribution >= 0.6 is 22.6 Å². The fraction of sp³-hybridized carbons (Fsp3) is 0.176. The Bertz CT molecular complexity index is 745. The maximum absolute atomic E-state index is 11.7. The Kier molecular flexibility index (Phi) is 5.97. The van der Waals surface area contributed by atoms with Crippen LogP contribution in [0.25, 0.3) is 0 Å². The van der Waals surface area contributed by atoms with E-state index in [-0.39, 0.29) is 18.3 Å². The molecule has 0 fully saturated rings. The number of hydrogen-bond donors (Lipinski definition) is 2. The molecule has 2 aromatic rings. The van der Waals surface area contributed by atoms with Gasteiger partial charge in [-0.2, -0.15) is 5.10 Å². The largest absolute Gasteiger partial charge is 0.507 e. The molecule has 5 nitrogen and oxygen atoms in total. The molecule has 0 aliphatic heterocycles. The van der Waals surface area contributed by atoms with E-state index in [1.54, 1.807) is 18.2 Å². The summed E-state index contributed by atoms with van der Waals surface area (Å²) in [5, 5.41) is 13.3. The van der Waals surface area contributed by atoms with E-state index < -0.39 is 0 Å². The van der Waals surface area contributed by atoms with Gasteiger partial charge in [0, 0.05) is 0 Å². The lowest BCUT2D eigenvalue weighted by Gasteiger charge is -2.08. The minimum Gasteiger partial charge on any atom is -0.507 e. The van der Waals surface area contributed by atoms with Crippen LogP contribution in [0.4, 0.5) is 0 Å². The van der Waals surface area contributed by atoms with Gasteiger partial charge in [-0.15, -0.1) is 0 Å². The molecule has 2 rings (SSSR count). The number of benzene rings is 2. The van der Waals surface area contributed by atoms with Crippen molar-refractivity contribution in [2.45, 2.75) is 13.8 Å². The van der Waals surface area contributed by atoms with Crippen molar-refractivity contribution in [2.75, 3.05) is 6.61 Å². The van der Waals surface area contributed by atoms with Crippen LogP contribution in [0.2, 0.25) is 0 Å². The summed E-state index contributed by atoms with van der Waals surface area (Å²) in [5.41, 5.74) is 5.32. The van der Waals surface area contributed by atoms with Crippen LogP contribution in [0, 0.1) is 17.4 Å². The number of phenols is 1. The highest BCUT2D eigenvalue weighted by Crippen LogP contribution is 2.19. The van der Waals surface area contributed by atoms with Gasteiger partial charge in [0.1, 0.15) is 11.5 Å². The summed E-state index contributed by atoms with van der Waals surface area (Å²) >= 11 is 2.02. The van der Waals surface area contributed by atoms with Crippen LogP contribution in [0.5, 0.6) is 11.5 Å². The lowest BCUT2D eigenvalue weighted by atomic mass is 10.1. The molecule has 0 atom stereocenters. The number of carbonyl (C=O) groups excluding carboxylic acids is 1. The lowest BCUT2D eigenvalue weighted by molar-refractivity contribution is -0.123. The molecule has 0 saturated heterocycles. The summed E-state index contributed by atoms with van der Waals surface area (Å²) in [6, 6.07) is 10.8. The number of carbonyl (C=O) groups is 1. The van der Waals surface area contributed by atoms with Crippen LogP contribution in [0.15, 0.2) is 41.5 Å². The Morgan fingerprint density at radius 2 is 2.09 bits per heavy atom. The highest BCUT2D eigenvalue weighted by molar-refractivity contribution is 14.1. The summed E-state index contributed by atoms with van der Waals surface area (Å²) < 4.78 is 6.19. The van der Waals surface area contributed by atoms with E-state index in [0.717, 1.165) is 20.3 Å². The van der Waals surface area contributed by atoms with Gasteiger partial charge < -0.3 is 9.84 Å². The summed E-state index contributed by atoms with van der Waals surface area (Å²) in [4.78, 5) is 11.7. The molecule has 0 saturated carbocycles. The van der Waals surface area contributed by atoms with Crippen LogP contribution < -0.4 is 10.2 Å². The van der Waals surface area contributed by atoms with E-state index in [1.807, 2.05) is 54.6 Å². The normalized spacial score (nSPS) is 10.7. The monoisotopic (exact) mass is 424 g/mol. The van der Waals surface area contributed by atoms with E-state index >= 15 is 0 Å². The molecular formula is C17H17IN2O3. The molecule has 0 spiro atoms. The highest BCUT2D eigenvalue weighted by atomic mass is 127. The molecule has 2 aromatic carbocycles. The lowest BCUT2D eigenvalue weighted by Crippen LogP contribution is -2.24. The summed E-state index contributed by atoms with van der Waals surface area (Å²) in [6.07, 6.45) is 1.51. The third kappa shape index (κ3) is 5.24. The average molecular weight is 424 g/mol. The van der Waals surface area contributed by atoms with Crippen molar-refractivity contribution in [3.63, 3.8) is 0 Å². The predicted octanol–water partition coefficient (Wildman–Crippen LogP) is 3.14. The van der Waals surface area contributed by atoms with Gasteiger partial charge in [-0.05, 0) is 71.8 Å². The Morgan fingerprint density at radius 1 is 1.30 bits per heavy atom. The number of rotatable bonds is 5. The predicted molar refractivity (Wildman–Crippen MR) is 98.0 cm³/mol. The first kappa shape index (κ1) is 17.3. The van der Waals surface area contributed by atoms with Crippen LogP contribution in [0.3, 0.4) is 0 Å². The van der Waals surface area contributed by atoms with Gasteiger partial charge in [0.25, 0.3) is 5.91 Å². The quantitative estimate of drug-likeness (QED) is 0.440. The number of aromatic hydroxyl groups is 1. The standard InChI is InChI=1S/C17H17IN2O3/c1-11-3-6-16(12(2)7-11)23-10-17(22)20-19-9-13-4-5-15(21)14(18)8-13/h3-9,21H,10H2,1-2H3,(H,20,22)/b19-9+. The molecular weight excluding hydrogens is 407 g/mol. The maximum atomic E-state index is 11.7. The van der Waals surface area contributed by atoms with Crippen molar-refractivity contribution in [3.8, 4) is 11.5 Å². The van der Waals surface area contributed by atoms with Gasteiger partial charge >= 0.3 is 0 Å². The molecule has 0 heterocycles. The topological polar surface area (TPSA) is 70.9 Å². The zero-order chi connectivity index (χ0) is 16.8. The number of amides is 1. The van der Waals surface area contributed by atoms with Crippen molar-refractivity contribution in [1.29, 1.82) is 0 Å². The third-order valence-electron chi connectivity index (χ3n) is 3.06. The van der Waals surface area contributed by atoms with Crippen molar-refractivity contribution < 1.29 is 14.6 Å². The second-order valence-corrected chi connectivity index (χ2v) is 6.22. The molecule has 2 N–H and O–H groups in total. The second-order valence-electron chi connectivity index (χ2n) is 5.06.